The van der Waals surface area contributed by atoms with E-state index in [1.807, 2.05) is 30.5 Å². The van der Waals surface area contributed by atoms with Crippen LogP contribution in [-0.2, 0) is 11.3 Å². The molecule has 0 unspecified atom stereocenters. The van der Waals surface area contributed by atoms with Crippen molar-refractivity contribution in [2.45, 2.75) is 25.9 Å². The molecule has 1 aliphatic rings. The number of carbonyl (C=O) groups is 1. The maximum absolute atomic E-state index is 11.8. The van der Waals surface area contributed by atoms with E-state index in [0.717, 1.165) is 35.8 Å². The Morgan fingerprint density at radius 3 is 3.30 bits per heavy atom. The van der Waals surface area contributed by atoms with Gasteiger partial charge in [-0.1, -0.05) is 11.2 Å². The molecule has 2 aromatic heterocycles. The molecule has 0 aromatic carbocycles. The van der Waals surface area contributed by atoms with Crippen LogP contribution >= 0.6 is 11.3 Å². The summed E-state index contributed by atoms with van der Waals surface area (Å²) in [6, 6.07) is 5.83. The molecule has 1 aliphatic heterocycles. The van der Waals surface area contributed by atoms with Gasteiger partial charge in [0.25, 0.3) is 0 Å². The molecule has 1 atom stereocenters. The van der Waals surface area contributed by atoms with Crippen molar-refractivity contribution in [3.05, 3.63) is 29.3 Å². The highest BCUT2D eigenvalue weighted by molar-refractivity contribution is 7.13. The van der Waals surface area contributed by atoms with Crippen LogP contribution in [0, 0.1) is 0 Å². The highest BCUT2D eigenvalue weighted by Gasteiger charge is 2.24. The quantitative estimate of drug-likeness (QED) is 0.941. The molecule has 0 bridgehead atoms. The van der Waals surface area contributed by atoms with Crippen molar-refractivity contribution in [3.8, 4) is 10.6 Å². The Hall–Kier alpha value is -1.66. The number of amides is 1. The fourth-order valence-corrected chi connectivity index (χ4v) is 3.02. The van der Waals surface area contributed by atoms with Gasteiger partial charge in [0.15, 0.2) is 5.76 Å². The summed E-state index contributed by atoms with van der Waals surface area (Å²) < 4.78 is 5.38. The molecule has 20 heavy (non-hydrogen) atoms. The largest absolute Gasteiger partial charge is 0.355 e. The lowest BCUT2D eigenvalue weighted by atomic mass is 10.2. The summed E-state index contributed by atoms with van der Waals surface area (Å²) in [5, 5.41) is 9.04. The zero-order valence-electron chi connectivity index (χ0n) is 11.3. The van der Waals surface area contributed by atoms with Crippen LogP contribution in [0.3, 0.4) is 0 Å². The van der Waals surface area contributed by atoms with Gasteiger partial charge in [0.2, 0.25) is 5.91 Å². The van der Waals surface area contributed by atoms with Crippen LogP contribution in [-0.4, -0.2) is 35.1 Å². The minimum Gasteiger partial charge on any atom is -0.355 e. The number of aromatic nitrogens is 1. The van der Waals surface area contributed by atoms with Crippen molar-refractivity contribution in [1.29, 1.82) is 0 Å². The topological polar surface area (TPSA) is 58.4 Å². The average Bonchev–Trinajstić information content (AvgIpc) is 3.08. The Balaban J connectivity index is 1.72. The lowest BCUT2D eigenvalue weighted by molar-refractivity contribution is -0.125. The zero-order chi connectivity index (χ0) is 13.9. The first-order valence-electron chi connectivity index (χ1n) is 6.75. The molecular formula is C14H17N3O2S. The molecule has 1 N–H and O–H groups in total. The molecule has 2 aromatic rings. The van der Waals surface area contributed by atoms with Crippen LogP contribution in [0.25, 0.3) is 10.6 Å². The second-order valence-electron chi connectivity index (χ2n) is 4.95. The summed E-state index contributed by atoms with van der Waals surface area (Å²) in [5.74, 6) is 0.881. The van der Waals surface area contributed by atoms with Gasteiger partial charge in [0.1, 0.15) is 0 Å². The van der Waals surface area contributed by atoms with E-state index in [9.17, 15) is 4.79 Å². The van der Waals surface area contributed by atoms with Crippen molar-refractivity contribution in [3.63, 3.8) is 0 Å². The number of hydrogen-bond acceptors (Lipinski definition) is 5. The van der Waals surface area contributed by atoms with E-state index in [-0.39, 0.29) is 11.9 Å². The van der Waals surface area contributed by atoms with Crippen molar-refractivity contribution in [2.75, 3.05) is 13.1 Å². The zero-order valence-corrected chi connectivity index (χ0v) is 12.2. The van der Waals surface area contributed by atoms with Gasteiger partial charge >= 0.3 is 0 Å². The summed E-state index contributed by atoms with van der Waals surface area (Å²) in [6.07, 6.45) is 0.964. The van der Waals surface area contributed by atoms with Gasteiger partial charge in [0.05, 0.1) is 16.6 Å². The van der Waals surface area contributed by atoms with E-state index in [1.54, 1.807) is 11.3 Å². The molecule has 1 amide bonds. The van der Waals surface area contributed by atoms with Crippen LogP contribution in [0.2, 0.25) is 0 Å². The lowest BCUT2D eigenvalue weighted by Crippen LogP contribution is -2.41. The standard InChI is InChI=1S/C14H17N3O2S/c1-10-14(18)15-5-3-6-17(10)9-11-8-12(19-16-11)13-4-2-7-20-13/h2,4,7-8,10H,3,5-6,9H2,1H3,(H,15,18)/t10-/m0/s1. The first kappa shape index (κ1) is 13.3. The molecule has 5 nitrogen and oxygen atoms in total. The number of nitrogens with one attached hydrogen (secondary N) is 1. The van der Waals surface area contributed by atoms with Crippen LogP contribution in [0.1, 0.15) is 19.0 Å². The first-order valence-corrected chi connectivity index (χ1v) is 7.63. The number of thiophene rings is 1. The monoisotopic (exact) mass is 291 g/mol. The summed E-state index contributed by atoms with van der Waals surface area (Å²) in [6.45, 7) is 4.21. The summed E-state index contributed by atoms with van der Waals surface area (Å²) in [4.78, 5) is 15.0. The van der Waals surface area contributed by atoms with E-state index < -0.39 is 0 Å². The van der Waals surface area contributed by atoms with Crippen molar-refractivity contribution in [2.24, 2.45) is 0 Å². The molecule has 0 aliphatic carbocycles. The predicted octanol–water partition coefficient (Wildman–Crippen LogP) is 2.11. The molecule has 6 heteroatoms. The molecule has 0 saturated carbocycles. The first-order chi connectivity index (χ1) is 9.74. The van der Waals surface area contributed by atoms with Crippen molar-refractivity contribution >= 4 is 17.2 Å². The van der Waals surface area contributed by atoms with Gasteiger partial charge < -0.3 is 9.84 Å². The number of carbonyl (C=O) groups excluding carboxylic acids is 1. The second kappa shape index (κ2) is 5.76. The number of nitrogens with zero attached hydrogens (tertiary/aromatic N) is 2. The fourth-order valence-electron chi connectivity index (χ4n) is 2.35. The maximum atomic E-state index is 11.8. The smallest absolute Gasteiger partial charge is 0.237 e. The van der Waals surface area contributed by atoms with Gasteiger partial charge in [0, 0.05) is 25.7 Å². The minimum absolute atomic E-state index is 0.0875. The second-order valence-corrected chi connectivity index (χ2v) is 5.90. The molecule has 3 heterocycles. The lowest BCUT2D eigenvalue weighted by Gasteiger charge is -2.23. The normalized spacial score (nSPS) is 20.6. The molecule has 0 spiro atoms. The third kappa shape index (κ3) is 2.76. The fraction of sp³-hybridized carbons (Fsp3) is 0.429. The number of hydrogen-bond donors (Lipinski definition) is 1. The van der Waals surface area contributed by atoms with Crippen molar-refractivity contribution in [1.82, 2.24) is 15.4 Å². The van der Waals surface area contributed by atoms with Crippen molar-refractivity contribution < 1.29 is 9.32 Å². The molecule has 1 saturated heterocycles. The molecule has 106 valence electrons. The summed E-state index contributed by atoms with van der Waals surface area (Å²) >= 11 is 1.63. The molecular weight excluding hydrogens is 274 g/mol. The minimum atomic E-state index is -0.126. The van der Waals surface area contributed by atoms with Crippen LogP contribution in [0.4, 0.5) is 0 Å². The summed E-state index contributed by atoms with van der Waals surface area (Å²) in [5.41, 5.74) is 0.870. The third-order valence-corrected chi connectivity index (χ3v) is 4.42. The highest BCUT2D eigenvalue weighted by Crippen LogP contribution is 2.25. The van der Waals surface area contributed by atoms with Gasteiger partial charge in [-0.25, -0.2) is 0 Å². The highest BCUT2D eigenvalue weighted by atomic mass is 32.1. The third-order valence-electron chi connectivity index (χ3n) is 3.54. The molecule has 1 fully saturated rings. The average molecular weight is 291 g/mol. The maximum Gasteiger partial charge on any atom is 0.237 e. The van der Waals surface area contributed by atoms with Crippen LogP contribution in [0.15, 0.2) is 28.1 Å². The SMILES string of the molecule is C[C@H]1C(=O)NCCCN1Cc1cc(-c2cccs2)on1. The number of rotatable bonds is 3. The van der Waals surface area contributed by atoms with E-state index in [2.05, 4.69) is 15.4 Å². The Labute approximate surface area is 121 Å². The van der Waals surface area contributed by atoms with E-state index >= 15 is 0 Å². The van der Waals surface area contributed by atoms with Crippen LogP contribution in [0.5, 0.6) is 0 Å². The predicted molar refractivity (Wildman–Crippen MR) is 77.3 cm³/mol. The van der Waals surface area contributed by atoms with Gasteiger partial charge in [-0.15, -0.1) is 11.3 Å². The van der Waals surface area contributed by atoms with Gasteiger partial charge in [-0.3, -0.25) is 9.69 Å². The van der Waals surface area contributed by atoms with E-state index in [4.69, 9.17) is 4.52 Å². The Bertz CT molecular complexity index is 579. The molecule has 3 rings (SSSR count). The summed E-state index contributed by atoms with van der Waals surface area (Å²) in [7, 11) is 0. The Morgan fingerprint density at radius 2 is 2.50 bits per heavy atom. The Kier molecular flexibility index (Phi) is 3.84. The van der Waals surface area contributed by atoms with E-state index in [1.165, 1.54) is 0 Å². The van der Waals surface area contributed by atoms with Gasteiger partial charge in [-0.05, 0) is 24.8 Å². The Morgan fingerprint density at radius 1 is 1.60 bits per heavy atom. The van der Waals surface area contributed by atoms with Crippen LogP contribution < -0.4 is 5.32 Å². The van der Waals surface area contributed by atoms with Gasteiger partial charge in [-0.2, -0.15) is 0 Å². The van der Waals surface area contributed by atoms with E-state index in [0.29, 0.717) is 6.54 Å². The molecule has 0 radical (unpaired) electrons.